The van der Waals surface area contributed by atoms with Crippen LogP contribution < -0.4 is 5.32 Å². The van der Waals surface area contributed by atoms with Gasteiger partial charge in [0.25, 0.3) is 0 Å². The molecule has 1 N–H and O–H groups in total. The van der Waals surface area contributed by atoms with Gasteiger partial charge in [-0.05, 0) is 36.9 Å². The first kappa shape index (κ1) is 19.7. The quantitative estimate of drug-likeness (QED) is 0.826. The van der Waals surface area contributed by atoms with E-state index >= 15 is 0 Å². The molecule has 5 nitrogen and oxygen atoms in total. The van der Waals surface area contributed by atoms with E-state index in [2.05, 4.69) is 5.32 Å². The Kier molecular flexibility index (Phi) is 7.20. The van der Waals surface area contributed by atoms with Gasteiger partial charge < -0.3 is 15.1 Å². The molecule has 0 bridgehead atoms. The number of nitrogens with zero attached hydrogens (tertiary/aromatic N) is 2. The van der Waals surface area contributed by atoms with Gasteiger partial charge in [0.1, 0.15) is 5.82 Å². The summed E-state index contributed by atoms with van der Waals surface area (Å²) in [5.74, 6) is 0.419. The maximum atomic E-state index is 13.6. The molecule has 7 heteroatoms. The Bertz CT molecular complexity index is 602. The Balaban J connectivity index is 0.00000225. The van der Waals surface area contributed by atoms with Gasteiger partial charge in [-0.25, -0.2) is 4.39 Å². The first-order valence-electron chi connectivity index (χ1n) is 8.63. The minimum atomic E-state index is -0.346. The second kappa shape index (κ2) is 9.15. The number of amides is 2. The summed E-state index contributed by atoms with van der Waals surface area (Å²) in [7, 11) is 0. The average molecular weight is 370 g/mol. The van der Waals surface area contributed by atoms with Crippen LogP contribution >= 0.6 is 12.4 Å². The van der Waals surface area contributed by atoms with Crippen molar-refractivity contribution in [1.82, 2.24) is 15.1 Å². The van der Waals surface area contributed by atoms with Crippen LogP contribution in [-0.2, 0) is 16.0 Å². The smallest absolute Gasteiger partial charge is 0.236 e. The molecule has 1 saturated carbocycles. The van der Waals surface area contributed by atoms with E-state index in [1.807, 2.05) is 0 Å². The lowest BCUT2D eigenvalue weighted by atomic mass is 10.1. The number of hydrogen-bond donors (Lipinski definition) is 1. The summed E-state index contributed by atoms with van der Waals surface area (Å²) in [6, 6.07) is 6.36. The maximum absolute atomic E-state index is 13.6. The van der Waals surface area contributed by atoms with Crippen LogP contribution in [0, 0.1) is 11.7 Å². The molecule has 0 atom stereocenters. The van der Waals surface area contributed by atoms with E-state index in [9.17, 15) is 14.0 Å². The molecule has 0 radical (unpaired) electrons. The van der Waals surface area contributed by atoms with Crippen LogP contribution in [0.1, 0.15) is 18.4 Å². The Morgan fingerprint density at radius 1 is 1.04 bits per heavy atom. The predicted molar refractivity (Wildman–Crippen MR) is 96.1 cm³/mol. The van der Waals surface area contributed by atoms with Crippen molar-refractivity contribution in [3.8, 4) is 0 Å². The highest BCUT2D eigenvalue weighted by molar-refractivity contribution is 5.85. The van der Waals surface area contributed by atoms with Gasteiger partial charge in [-0.3, -0.25) is 9.59 Å². The van der Waals surface area contributed by atoms with E-state index in [0.29, 0.717) is 38.3 Å². The van der Waals surface area contributed by atoms with E-state index in [1.54, 1.807) is 28.0 Å². The van der Waals surface area contributed by atoms with Gasteiger partial charge in [0.05, 0.1) is 13.0 Å². The van der Waals surface area contributed by atoms with Gasteiger partial charge in [-0.2, -0.15) is 0 Å². The van der Waals surface area contributed by atoms with Crippen molar-refractivity contribution in [3.05, 3.63) is 35.6 Å². The number of hydrogen-bond acceptors (Lipinski definition) is 3. The number of carbonyl (C=O) groups is 2. The number of piperazine rings is 1. The number of halogens is 2. The molecule has 2 fully saturated rings. The summed E-state index contributed by atoms with van der Waals surface area (Å²) in [6.07, 6.45) is 2.61. The Labute approximate surface area is 154 Å². The minimum Gasteiger partial charge on any atom is -0.339 e. The van der Waals surface area contributed by atoms with Crippen molar-refractivity contribution in [2.45, 2.75) is 19.3 Å². The highest BCUT2D eigenvalue weighted by Gasteiger charge is 2.25. The molecule has 0 spiro atoms. The van der Waals surface area contributed by atoms with Crippen molar-refractivity contribution >= 4 is 24.2 Å². The summed E-state index contributed by atoms with van der Waals surface area (Å²) in [6.45, 7) is 3.43. The summed E-state index contributed by atoms with van der Waals surface area (Å²) < 4.78 is 13.6. The normalized spacial score (nSPS) is 17.2. The molecule has 25 heavy (non-hydrogen) atoms. The zero-order chi connectivity index (χ0) is 16.9. The Morgan fingerprint density at radius 2 is 1.64 bits per heavy atom. The molecule has 1 heterocycles. The fraction of sp³-hybridized carbons (Fsp3) is 0.556. The number of rotatable bonds is 6. The van der Waals surface area contributed by atoms with Gasteiger partial charge in [0.15, 0.2) is 0 Å². The monoisotopic (exact) mass is 369 g/mol. The van der Waals surface area contributed by atoms with E-state index in [-0.39, 0.29) is 36.5 Å². The second-order valence-electron chi connectivity index (χ2n) is 6.60. The van der Waals surface area contributed by atoms with Gasteiger partial charge in [0, 0.05) is 26.2 Å². The van der Waals surface area contributed by atoms with E-state index in [1.165, 1.54) is 18.9 Å². The van der Waals surface area contributed by atoms with Gasteiger partial charge in [-0.1, -0.05) is 18.2 Å². The molecule has 3 rings (SSSR count). The standard InChI is InChI=1S/C18H24FN3O2.ClH/c19-16-4-2-1-3-15(16)11-17(23)21-7-9-22(10-8-21)18(24)13-20-12-14-5-6-14;/h1-4,14,20H,5-13H2;1H. The zero-order valence-electron chi connectivity index (χ0n) is 14.2. The van der Waals surface area contributed by atoms with Crippen molar-refractivity contribution in [1.29, 1.82) is 0 Å². The molecule has 1 aliphatic heterocycles. The Morgan fingerprint density at radius 3 is 2.24 bits per heavy atom. The van der Waals surface area contributed by atoms with Crippen LogP contribution in [0.15, 0.2) is 24.3 Å². The lowest BCUT2D eigenvalue weighted by molar-refractivity contribution is -0.138. The van der Waals surface area contributed by atoms with Gasteiger partial charge >= 0.3 is 0 Å². The van der Waals surface area contributed by atoms with Crippen LogP contribution in [0.25, 0.3) is 0 Å². The molecule has 0 unspecified atom stereocenters. The topological polar surface area (TPSA) is 52.7 Å². The largest absolute Gasteiger partial charge is 0.339 e. The SMILES string of the molecule is Cl.O=C(CNCC1CC1)N1CCN(C(=O)Cc2ccccc2F)CC1. The fourth-order valence-electron chi connectivity index (χ4n) is 2.94. The zero-order valence-corrected chi connectivity index (χ0v) is 15.1. The highest BCUT2D eigenvalue weighted by Crippen LogP contribution is 2.27. The molecule has 1 aromatic rings. The second-order valence-corrected chi connectivity index (χ2v) is 6.60. The lowest BCUT2D eigenvalue weighted by Gasteiger charge is -2.35. The molecular weight excluding hydrogens is 345 g/mol. The van der Waals surface area contributed by atoms with E-state index in [4.69, 9.17) is 0 Å². The highest BCUT2D eigenvalue weighted by atomic mass is 35.5. The maximum Gasteiger partial charge on any atom is 0.236 e. The third-order valence-corrected chi connectivity index (χ3v) is 4.69. The number of carbonyl (C=O) groups excluding carboxylic acids is 2. The molecule has 0 aromatic heterocycles. The molecule has 2 amide bonds. The number of benzene rings is 1. The van der Waals surface area contributed by atoms with Crippen LogP contribution in [-0.4, -0.2) is 60.9 Å². The first-order chi connectivity index (χ1) is 11.6. The molecule has 1 saturated heterocycles. The third kappa shape index (κ3) is 5.68. The van der Waals surface area contributed by atoms with Crippen molar-refractivity contribution in [3.63, 3.8) is 0 Å². The molecule has 1 aromatic carbocycles. The van der Waals surface area contributed by atoms with Crippen molar-refractivity contribution in [2.24, 2.45) is 5.92 Å². The predicted octanol–water partition coefficient (Wildman–Crippen LogP) is 1.46. The number of nitrogens with one attached hydrogen (secondary N) is 1. The summed E-state index contributed by atoms with van der Waals surface area (Å²) in [5.41, 5.74) is 0.422. The van der Waals surface area contributed by atoms with Crippen molar-refractivity contribution < 1.29 is 14.0 Å². The average Bonchev–Trinajstić information content (AvgIpc) is 3.41. The minimum absolute atomic E-state index is 0. The van der Waals surface area contributed by atoms with Crippen LogP contribution in [0.3, 0.4) is 0 Å². The van der Waals surface area contributed by atoms with Crippen LogP contribution in [0.5, 0.6) is 0 Å². The fourth-order valence-corrected chi connectivity index (χ4v) is 2.94. The molecule has 1 aliphatic carbocycles. The summed E-state index contributed by atoms with van der Waals surface area (Å²) >= 11 is 0. The van der Waals surface area contributed by atoms with Gasteiger partial charge in [-0.15, -0.1) is 12.4 Å². The molecular formula is C18H25ClFN3O2. The van der Waals surface area contributed by atoms with Crippen molar-refractivity contribution in [2.75, 3.05) is 39.3 Å². The lowest BCUT2D eigenvalue weighted by Crippen LogP contribution is -2.52. The van der Waals surface area contributed by atoms with Crippen LogP contribution in [0.4, 0.5) is 4.39 Å². The third-order valence-electron chi connectivity index (χ3n) is 4.69. The Hall–Kier alpha value is -1.66. The van der Waals surface area contributed by atoms with E-state index in [0.717, 1.165) is 12.5 Å². The summed E-state index contributed by atoms with van der Waals surface area (Å²) in [5, 5.41) is 3.20. The summed E-state index contributed by atoms with van der Waals surface area (Å²) in [4.78, 5) is 27.9. The van der Waals surface area contributed by atoms with Gasteiger partial charge in [0.2, 0.25) is 11.8 Å². The molecule has 138 valence electrons. The molecule has 2 aliphatic rings. The van der Waals surface area contributed by atoms with Crippen LogP contribution in [0.2, 0.25) is 0 Å². The van der Waals surface area contributed by atoms with E-state index < -0.39 is 0 Å². The first-order valence-corrected chi connectivity index (χ1v) is 8.63.